The van der Waals surface area contributed by atoms with E-state index in [4.69, 9.17) is 5.73 Å². The second-order valence-electron chi connectivity index (χ2n) is 3.50. The molecular weight excluding hydrogens is 251 g/mol. The summed E-state index contributed by atoms with van der Waals surface area (Å²) in [5, 5.41) is 3.47. The van der Waals surface area contributed by atoms with Crippen molar-refractivity contribution < 1.29 is 4.39 Å². The Kier molecular flexibility index (Phi) is 3.99. The lowest BCUT2D eigenvalue weighted by molar-refractivity contribution is 0.631. The molecule has 1 aromatic carbocycles. The van der Waals surface area contributed by atoms with E-state index in [0.717, 1.165) is 5.75 Å². The molecule has 0 amide bonds. The molecular formula is C12H13FN4S. The lowest BCUT2D eigenvalue weighted by Gasteiger charge is -2.08. The van der Waals surface area contributed by atoms with E-state index in [-0.39, 0.29) is 5.82 Å². The Morgan fingerprint density at radius 1 is 1.33 bits per heavy atom. The van der Waals surface area contributed by atoms with E-state index >= 15 is 0 Å². The van der Waals surface area contributed by atoms with Crippen LogP contribution in [0.25, 0.3) is 0 Å². The van der Waals surface area contributed by atoms with Gasteiger partial charge in [0.05, 0.1) is 5.69 Å². The number of halogens is 1. The van der Waals surface area contributed by atoms with Gasteiger partial charge in [-0.15, -0.1) is 0 Å². The number of nitrogens with zero attached hydrogens (tertiary/aromatic N) is 2. The van der Waals surface area contributed by atoms with Gasteiger partial charge in [-0.25, -0.2) is 14.4 Å². The van der Waals surface area contributed by atoms with Gasteiger partial charge in [0.15, 0.2) is 5.16 Å². The first-order chi connectivity index (χ1) is 8.69. The van der Waals surface area contributed by atoms with Crippen LogP contribution >= 0.6 is 11.8 Å². The maximum atomic E-state index is 13.5. The number of hydrogen-bond acceptors (Lipinski definition) is 5. The summed E-state index contributed by atoms with van der Waals surface area (Å²) in [7, 11) is 0. The standard InChI is InChI=1S/C12H13FN4S/c1-2-18-12-16-10(14)7-11(17-12)15-9-6-4-3-5-8(9)13/h3-7H,2H2,1H3,(H3,14,15,16,17). The number of benzene rings is 1. The van der Waals surface area contributed by atoms with Crippen molar-refractivity contribution in [2.45, 2.75) is 12.1 Å². The molecule has 0 spiro atoms. The summed E-state index contributed by atoms with van der Waals surface area (Å²) in [5.74, 6) is 1.37. The van der Waals surface area contributed by atoms with Crippen LogP contribution in [-0.4, -0.2) is 15.7 Å². The highest BCUT2D eigenvalue weighted by molar-refractivity contribution is 7.99. The number of hydrogen-bond donors (Lipinski definition) is 2. The van der Waals surface area contributed by atoms with Gasteiger partial charge in [0.2, 0.25) is 0 Å². The van der Waals surface area contributed by atoms with Gasteiger partial charge in [-0.3, -0.25) is 0 Å². The van der Waals surface area contributed by atoms with Crippen LogP contribution in [0.5, 0.6) is 0 Å². The van der Waals surface area contributed by atoms with Crippen molar-refractivity contribution >= 4 is 29.1 Å². The zero-order chi connectivity index (χ0) is 13.0. The Labute approximate surface area is 109 Å². The monoisotopic (exact) mass is 264 g/mol. The molecule has 0 aliphatic carbocycles. The summed E-state index contributed by atoms with van der Waals surface area (Å²) in [6.45, 7) is 2.00. The molecule has 0 aliphatic rings. The zero-order valence-electron chi connectivity index (χ0n) is 9.85. The van der Waals surface area contributed by atoms with Crippen molar-refractivity contribution in [3.8, 4) is 0 Å². The second-order valence-corrected chi connectivity index (χ2v) is 4.73. The third-order valence-electron chi connectivity index (χ3n) is 2.14. The minimum atomic E-state index is -0.334. The van der Waals surface area contributed by atoms with Crippen LogP contribution in [-0.2, 0) is 0 Å². The SMILES string of the molecule is CCSc1nc(N)cc(Nc2ccccc2F)n1. The number of anilines is 3. The van der Waals surface area contributed by atoms with E-state index in [1.165, 1.54) is 17.8 Å². The lowest BCUT2D eigenvalue weighted by Crippen LogP contribution is -2.01. The van der Waals surface area contributed by atoms with Crippen molar-refractivity contribution in [1.29, 1.82) is 0 Å². The Hall–Kier alpha value is -1.82. The van der Waals surface area contributed by atoms with Gasteiger partial charge < -0.3 is 11.1 Å². The summed E-state index contributed by atoms with van der Waals surface area (Å²) in [6, 6.07) is 7.98. The highest BCUT2D eigenvalue weighted by Crippen LogP contribution is 2.22. The van der Waals surface area contributed by atoms with Crippen LogP contribution in [0.2, 0.25) is 0 Å². The molecule has 94 valence electrons. The molecule has 0 unspecified atom stereocenters. The largest absolute Gasteiger partial charge is 0.383 e. The topological polar surface area (TPSA) is 63.8 Å². The number of nitrogens with two attached hydrogens (primary N) is 1. The Morgan fingerprint density at radius 2 is 2.11 bits per heavy atom. The van der Waals surface area contributed by atoms with Crippen molar-refractivity contribution in [3.05, 3.63) is 36.1 Å². The first-order valence-electron chi connectivity index (χ1n) is 5.48. The van der Waals surface area contributed by atoms with Gasteiger partial charge in [0.1, 0.15) is 17.5 Å². The molecule has 2 aromatic rings. The smallest absolute Gasteiger partial charge is 0.191 e. The molecule has 0 atom stereocenters. The van der Waals surface area contributed by atoms with Crippen molar-refractivity contribution in [3.63, 3.8) is 0 Å². The number of nitrogen functional groups attached to an aromatic ring is 1. The van der Waals surface area contributed by atoms with E-state index in [9.17, 15) is 4.39 Å². The van der Waals surface area contributed by atoms with Crippen LogP contribution in [0.1, 0.15) is 6.92 Å². The van der Waals surface area contributed by atoms with Gasteiger partial charge in [-0.2, -0.15) is 0 Å². The normalized spacial score (nSPS) is 10.3. The number of rotatable bonds is 4. The fraction of sp³-hybridized carbons (Fsp3) is 0.167. The molecule has 0 fully saturated rings. The average molecular weight is 264 g/mol. The molecule has 1 aromatic heterocycles. The molecule has 4 nitrogen and oxygen atoms in total. The quantitative estimate of drug-likeness (QED) is 0.656. The molecule has 1 heterocycles. The molecule has 6 heteroatoms. The van der Waals surface area contributed by atoms with E-state index in [1.807, 2.05) is 6.92 Å². The van der Waals surface area contributed by atoms with Gasteiger partial charge in [0, 0.05) is 6.07 Å². The summed E-state index contributed by atoms with van der Waals surface area (Å²) >= 11 is 1.48. The predicted molar refractivity (Wildman–Crippen MR) is 72.5 cm³/mol. The number of aromatic nitrogens is 2. The second kappa shape index (κ2) is 5.68. The minimum Gasteiger partial charge on any atom is -0.383 e. The van der Waals surface area contributed by atoms with Crippen LogP contribution in [0.4, 0.5) is 21.7 Å². The molecule has 18 heavy (non-hydrogen) atoms. The van der Waals surface area contributed by atoms with Gasteiger partial charge in [-0.05, 0) is 17.9 Å². The summed E-state index contributed by atoms with van der Waals surface area (Å²) in [6.07, 6.45) is 0. The number of nitrogens with one attached hydrogen (secondary N) is 1. The third kappa shape index (κ3) is 3.10. The Morgan fingerprint density at radius 3 is 2.83 bits per heavy atom. The van der Waals surface area contributed by atoms with Gasteiger partial charge in [0.25, 0.3) is 0 Å². The summed E-state index contributed by atoms with van der Waals surface area (Å²) in [5.41, 5.74) is 6.05. The van der Waals surface area contributed by atoms with E-state index in [0.29, 0.717) is 22.5 Å². The first-order valence-corrected chi connectivity index (χ1v) is 6.46. The van der Waals surface area contributed by atoms with Crippen molar-refractivity contribution in [1.82, 2.24) is 9.97 Å². The van der Waals surface area contributed by atoms with E-state index < -0.39 is 0 Å². The summed E-state index contributed by atoms with van der Waals surface area (Å²) in [4.78, 5) is 8.34. The Balaban J connectivity index is 2.26. The first kappa shape index (κ1) is 12.6. The molecule has 2 rings (SSSR count). The third-order valence-corrected chi connectivity index (χ3v) is 2.86. The van der Waals surface area contributed by atoms with Crippen LogP contribution in [0.3, 0.4) is 0 Å². The highest BCUT2D eigenvalue weighted by atomic mass is 32.2. The maximum Gasteiger partial charge on any atom is 0.191 e. The predicted octanol–water partition coefficient (Wildman–Crippen LogP) is 3.05. The van der Waals surface area contributed by atoms with Crippen LogP contribution < -0.4 is 11.1 Å². The molecule has 0 bridgehead atoms. The van der Waals surface area contributed by atoms with Crippen LogP contribution in [0.15, 0.2) is 35.5 Å². The Bertz CT molecular complexity index is 547. The number of para-hydroxylation sites is 1. The van der Waals surface area contributed by atoms with E-state index in [2.05, 4.69) is 15.3 Å². The highest BCUT2D eigenvalue weighted by Gasteiger charge is 2.05. The van der Waals surface area contributed by atoms with E-state index in [1.54, 1.807) is 24.3 Å². The maximum absolute atomic E-state index is 13.5. The molecule has 0 aliphatic heterocycles. The van der Waals surface area contributed by atoms with Crippen molar-refractivity contribution in [2.75, 3.05) is 16.8 Å². The molecule has 0 saturated heterocycles. The molecule has 0 radical (unpaired) electrons. The number of thioether (sulfide) groups is 1. The fourth-order valence-corrected chi connectivity index (χ4v) is 1.99. The fourth-order valence-electron chi connectivity index (χ4n) is 1.40. The lowest BCUT2D eigenvalue weighted by atomic mass is 10.3. The van der Waals surface area contributed by atoms with Crippen LogP contribution in [0, 0.1) is 5.82 Å². The zero-order valence-corrected chi connectivity index (χ0v) is 10.7. The average Bonchev–Trinajstić information content (AvgIpc) is 2.32. The molecule has 0 saturated carbocycles. The molecule has 3 N–H and O–H groups in total. The van der Waals surface area contributed by atoms with Gasteiger partial charge >= 0.3 is 0 Å². The summed E-state index contributed by atoms with van der Waals surface area (Å²) < 4.78 is 13.5. The van der Waals surface area contributed by atoms with Crippen molar-refractivity contribution in [2.24, 2.45) is 0 Å². The minimum absolute atomic E-state index is 0.334. The van der Waals surface area contributed by atoms with Gasteiger partial charge in [-0.1, -0.05) is 30.8 Å².